The fourth-order valence-corrected chi connectivity index (χ4v) is 1.94. The van der Waals surface area contributed by atoms with Crippen LogP contribution in [0.5, 0.6) is 0 Å². The van der Waals surface area contributed by atoms with Gasteiger partial charge < -0.3 is 9.47 Å². The second kappa shape index (κ2) is 6.47. The van der Waals surface area contributed by atoms with Crippen molar-refractivity contribution in [2.75, 3.05) is 25.7 Å². The number of hydrogen-bond donors (Lipinski definition) is 0. The van der Waals surface area contributed by atoms with Crippen LogP contribution < -0.4 is 0 Å². The van der Waals surface area contributed by atoms with E-state index >= 15 is 0 Å². The number of methoxy groups -OCH3 is 2. The number of rotatable bonds is 6. The molecule has 94 valence electrons. The van der Waals surface area contributed by atoms with Crippen molar-refractivity contribution in [3.05, 3.63) is 0 Å². The third kappa shape index (κ3) is 4.61. The van der Waals surface area contributed by atoms with E-state index in [0.717, 1.165) is 14.2 Å². The van der Waals surface area contributed by atoms with Crippen molar-refractivity contribution in [1.82, 2.24) is 0 Å². The third-order valence-corrected chi connectivity index (χ3v) is 3.87. The van der Waals surface area contributed by atoms with Crippen LogP contribution in [0.15, 0.2) is 0 Å². The molecule has 0 amide bonds. The van der Waals surface area contributed by atoms with E-state index in [4.69, 9.17) is 0 Å². The Labute approximate surface area is 94.8 Å². The molecule has 0 aromatic rings. The van der Waals surface area contributed by atoms with Gasteiger partial charge in [0.25, 0.3) is 0 Å². The Morgan fingerprint density at radius 3 is 1.88 bits per heavy atom. The van der Waals surface area contributed by atoms with Crippen molar-refractivity contribution < 1.29 is 27.5 Å². The van der Waals surface area contributed by atoms with Crippen LogP contribution in [0, 0.1) is 5.92 Å². The molecular weight excluding hydrogens is 236 g/mol. The minimum atomic E-state index is -3.21. The average molecular weight is 252 g/mol. The summed E-state index contributed by atoms with van der Waals surface area (Å²) in [6, 6.07) is 0. The molecule has 0 rings (SSSR count). The summed E-state index contributed by atoms with van der Waals surface area (Å²) in [5.74, 6) is -2.99. The average Bonchev–Trinajstić information content (AvgIpc) is 2.28. The van der Waals surface area contributed by atoms with Crippen LogP contribution in [-0.4, -0.2) is 46.1 Å². The molecule has 0 heterocycles. The van der Waals surface area contributed by atoms with Gasteiger partial charge in [0, 0.05) is 5.75 Å². The standard InChI is InChI=1S/C9H16O6S/c1-4-16(12,13)6-5-7(8(10)14-2)9(11)15-3/h7H,4-6H2,1-3H3. The highest BCUT2D eigenvalue weighted by Crippen LogP contribution is 2.10. The Balaban J connectivity index is 4.58. The molecule has 6 nitrogen and oxygen atoms in total. The van der Waals surface area contributed by atoms with E-state index in [1.165, 1.54) is 6.92 Å². The van der Waals surface area contributed by atoms with Gasteiger partial charge in [0.2, 0.25) is 0 Å². The Morgan fingerprint density at radius 2 is 1.56 bits per heavy atom. The van der Waals surface area contributed by atoms with Gasteiger partial charge in [0.15, 0.2) is 5.92 Å². The highest BCUT2D eigenvalue weighted by molar-refractivity contribution is 7.91. The summed E-state index contributed by atoms with van der Waals surface area (Å²) in [6.07, 6.45) is -0.116. The van der Waals surface area contributed by atoms with Crippen molar-refractivity contribution in [2.24, 2.45) is 5.92 Å². The van der Waals surface area contributed by atoms with Crippen LogP contribution in [0.1, 0.15) is 13.3 Å². The Kier molecular flexibility index (Phi) is 6.02. The first-order chi connectivity index (χ1) is 7.37. The molecule has 0 aromatic heterocycles. The van der Waals surface area contributed by atoms with Crippen LogP contribution in [0.3, 0.4) is 0 Å². The second-order valence-electron chi connectivity index (χ2n) is 3.12. The smallest absolute Gasteiger partial charge is 0.320 e. The number of carbonyl (C=O) groups is 2. The van der Waals surface area contributed by atoms with Crippen LogP contribution in [0.25, 0.3) is 0 Å². The van der Waals surface area contributed by atoms with Gasteiger partial charge in [-0.3, -0.25) is 9.59 Å². The molecule has 0 unspecified atom stereocenters. The maximum Gasteiger partial charge on any atom is 0.320 e. The molecule has 0 saturated heterocycles. The number of esters is 2. The van der Waals surface area contributed by atoms with E-state index in [1.54, 1.807) is 0 Å². The minimum absolute atomic E-state index is 0.0257. The van der Waals surface area contributed by atoms with E-state index in [9.17, 15) is 18.0 Å². The quantitative estimate of drug-likeness (QED) is 0.479. The van der Waals surface area contributed by atoms with Gasteiger partial charge in [-0.25, -0.2) is 8.42 Å². The highest BCUT2D eigenvalue weighted by Gasteiger charge is 2.29. The zero-order chi connectivity index (χ0) is 12.8. The largest absolute Gasteiger partial charge is 0.468 e. The summed E-state index contributed by atoms with van der Waals surface area (Å²) in [7, 11) is -0.951. The lowest BCUT2D eigenvalue weighted by Gasteiger charge is -2.11. The highest BCUT2D eigenvalue weighted by atomic mass is 32.2. The van der Waals surface area contributed by atoms with Crippen molar-refractivity contribution in [3.8, 4) is 0 Å². The second-order valence-corrected chi connectivity index (χ2v) is 5.60. The zero-order valence-electron chi connectivity index (χ0n) is 9.56. The van der Waals surface area contributed by atoms with Crippen molar-refractivity contribution >= 4 is 21.8 Å². The minimum Gasteiger partial charge on any atom is -0.468 e. The van der Waals surface area contributed by atoms with Crippen LogP contribution >= 0.6 is 0 Å². The predicted molar refractivity (Wildman–Crippen MR) is 56.5 cm³/mol. The SMILES string of the molecule is CCS(=O)(=O)CCC(C(=O)OC)C(=O)OC. The Morgan fingerprint density at radius 1 is 1.12 bits per heavy atom. The van der Waals surface area contributed by atoms with Gasteiger partial charge in [-0.1, -0.05) is 6.92 Å². The van der Waals surface area contributed by atoms with Crippen LogP contribution in [-0.2, 0) is 28.9 Å². The number of sulfone groups is 1. The van der Waals surface area contributed by atoms with Gasteiger partial charge >= 0.3 is 11.9 Å². The molecule has 7 heteroatoms. The first-order valence-electron chi connectivity index (χ1n) is 4.74. The van der Waals surface area contributed by atoms with E-state index in [0.29, 0.717) is 0 Å². The molecule has 0 aliphatic rings. The number of hydrogen-bond acceptors (Lipinski definition) is 6. The summed E-state index contributed by atoms with van der Waals surface area (Å²) in [5, 5.41) is 0. The van der Waals surface area contributed by atoms with E-state index < -0.39 is 27.7 Å². The summed E-state index contributed by atoms with van der Waals surface area (Å²) in [6.45, 7) is 1.50. The van der Waals surface area contributed by atoms with Crippen LogP contribution in [0.4, 0.5) is 0 Å². The summed E-state index contributed by atoms with van der Waals surface area (Å²) >= 11 is 0. The lowest BCUT2D eigenvalue weighted by Crippen LogP contribution is -2.29. The Hall–Kier alpha value is -1.11. The van der Waals surface area contributed by atoms with Crippen LogP contribution in [0.2, 0.25) is 0 Å². The van der Waals surface area contributed by atoms with Gasteiger partial charge in [0.05, 0.1) is 20.0 Å². The summed E-state index contributed by atoms with van der Waals surface area (Å²) in [5.41, 5.74) is 0. The van der Waals surface area contributed by atoms with Crippen molar-refractivity contribution in [2.45, 2.75) is 13.3 Å². The van der Waals surface area contributed by atoms with E-state index in [-0.39, 0.29) is 17.9 Å². The van der Waals surface area contributed by atoms with E-state index in [1.807, 2.05) is 0 Å². The fourth-order valence-electron chi connectivity index (χ4n) is 1.06. The molecule has 0 saturated carbocycles. The fraction of sp³-hybridized carbons (Fsp3) is 0.778. The molecule has 0 aromatic carbocycles. The van der Waals surface area contributed by atoms with Gasteiger partial charge in [-0.05, 0) is 6.42 Å². The van der Waals surface area contributed by atoms with Crippen molar-refractivity contribution in [1.29, 1.82) is 0 Å². The molecule has 0 fully saturated rings. The monoisotopic (exact) mass is 252 g/mol. The summed E-state index contributed by atoms with van der Waals surface area (Å²) in [4.78, 5) is 22.4. The maximum atomic E-state index is 11.2. The number of ether oxygens (including phenoxy) is 2. The molecule has 0 aliphatic carbocycles. The molecular formula is C9H16O6S. The lowest BCUT2D eigenvalue weighted by atomic mass is 10.1. The molecule has 0 spiro atoms. The topological polar surface area (TPSA) is 86.7 Å². The first kappa shape index (κ1) is 14.9. The first-order valence-corrected chi connectivity index (χ1v) is 6.56. The third-order valence-electron chi connectivity index (χ3n) is 2.13. The molecule has 0 N–H and O–H groups in total. The maximum absolute atomic E-state index is 11.2. The van der Waals surface area contributed by atoms with E-state index in [2.05, 4.69) is 9.47 Å². The van der Waals surface area contributed by atoms with Crippen molar-refractivity contribution in [3.63, 3.8) is 0 Å². The number of carbonyl (C=O) groups excluding carboxylic acids is 2. The Bertz CT molecular complexity index is 329. The molecule has 0 radical (unpaired) electrons. The van der Waals surface area contributed by atoms with Gasteiger partial charge in [-0.15, -0.1) is 0 Å². The molecule has 0 atom stereocenters. The van der Waals surface area contributed by atoms with Gasteiger partial charge in [0.1, 0.15) is 9.84 Å². The van der Waals surface area contributed by atoms with Gasteiger partial charge in [-0.2, -0.15) is 0 Å². The predicted octanol–water partition coefficient (Wildman–Crippen LogP) is -0.227. The summed E-state index contributed by atoms with van der Waals surface area (Å²) < 4.78 is 31.2. The lowest BCUT2D eigenvalue weighted by molar-refractivity contribution is -0.158. The molecule has 16 heavy (non-hydrogen) atoms. The molecule has 0 aliphatic heterocycles. The normalized spacial score (nSPS) is 11.2. The zero-order valence-corrected chi connectivity index (χ0v) is 10.4. The molecule has 0 bridgehead atoms.